The Kier molecular flexibility index (Phi) is 4.38. The van der Waals surface area contributed by atoms with Gasteiger partial charge in [0.05, 0.1) is 6.10 Å². The van der Waals surface area contributed by atoms with Gasteiger partial charge in [0.25, 0.3) is 0 Å². The molecule has 2 fully saturated rings. The van der Waals surface area contributed by atoms with Crippen molar-refractivity contribution in [2.24, 2.45) is 0 Å². The van der Waals surface area contributed by atoms with E-state index in [0.717, 1.165) is 32.3 Å². The Balaban J connectivity index is 1.57. The van der Waals surface area contributed by atoms with E-state index in [1.165, 1.54) is 31.3 Å². The average molecular weight is 224 g/mol. The van der Waals surface area contributed by atoms with Crippen LogP contribution >= 0.6 is 0 Å². The molecule has 3 nitrogen and oxygen atoms in total. The molecule has 0 aromatic carbocycles. The third kappa shape index (κ3) is 4.24. The molecule has 1 unspecified atom stereocenters. The summed E-state index contributed by atoms with van der Waals surface area (Å²) >= 11 is 0. The van der Waals surface area contributed by atoms with Gasteiger partial charge in [0.1, 0.15) is 0 Å². The van der Waals surface area contributed by atoms with Gasteiger partial charge in [0, 0.05) is 32.3 Å². The maximum absolute atomic E-state index is 5.63. The molecular formula is C13H24N2O. The van der Waals surface area contributed by atoms with Gasteiger partial charge in [-0.25, -0.2) is 0 Å². The zero-order valence-corrected chi connectivity index (χ0v) is 10.4. The molecule has 1 atom stereocenters. The Hall–Kier alpha value is -0.380. The van der Waals surface area contributed by atoms with Gasteiger partial charge in [0.2, 0.25) is 0 Å². The lowest BCUT2D eigenvalue weighted by atomic mass is 10.2. The summed E-state index contributed by atoms with van der Waals surface area (Å²) in [6.45, 7) is 8.07. The maximum atomic E-state index is 5.63. The first kappa shape index (κ1) is 12.1. The molecule has 3 heteroatoms. The zero-order chi connectivity index (χ0) is 11.4. The Morgan fingerprint density at radius 2 is 2.25 bits per heavy atom. The number of likely N-dealkylation sites (N-methyl/N-ethyl adjacent to an activating group) is 1. The van der Waals surface area contributed by atoms with E-state index in [9.17, 15) is 0 Å². The van der Waals surface area contributed by atoms with Crippen molar-refractivity contribution in [1.29, 1.82) is 0 Å². The van der Waals surface area contributed by atoms with Gasteiger partial charge >= 0.3 is 0 Å². The maximum Gasteiger partial charge on any atom is 0.0702 e. The van der Waals surface area contributed by atoms with E-state index in [1.807, 2.05) is 0 Å². The second-order valence-corrected chi connectivity index (χ2v) is 5.24. The van der Waals surface area contributed by atoms with Gasteiger partial charge < -0.3 is 10.1 Å². The van der Waals surface area contributed by atoms with Crippen LogP contribution in [0.25, 0.3) is 0 Å². The SMILES string of the molecule is C=C(CNC1CC1)CN(C)CC1CCCO1. The zero-order valence-electron chi connectivity index (χ0n) is 10.4. The summed E-state index contributed by atoms with van der Waals surface area (Å²) < 4.78 is 5.63. The van der Waals surface area contributed by atoms with Crippen molar-refractivity contribution in [3.8, 4) is 0 Å². The topological polar surface area (TPSA) is 24.5 Å². The minimum absolute atomic E-state index is 0.453. The van der Waals surface area contributed by atoms with Crippen molar-refractivity contribution in [1.82, 2.24) is 10.2 Å². The predicted molar refractivity (Wildman–Crippen MR) is 66.6 cm³/mol. The number of rotatable bonds is 7. The van der Waals surface area contributed by atoms with Gasteiger partial charge in [-0.2, -0.15) is 0 Å². The predicted octanol–water partition coefficient (Wildman–Crippen LogP) is 1.41. The highest BCUT2D eigenvalue weighted by Gasteiger charge is 2.21. The summed E-state index contributed by atoms with van der Waals surface area (Å²) in [6, 6.07) is 0.778. The van der Waals surface area contributed by atoms with E-state index in [2.05, 4.69) is 23.8 Å². The highest BCUT2D eigenvalue weighted by molar-refractivity contribution is 5.01. The minimum Gasteiger partial charge on any atom is -0.377 e. The molecular weight excluding hydrogens is 200 g/mol. The fraction of sp³-hybridized carbons (Fsp3) is 0.846. The lowest BCUT2D eigenvalue weighted by molar-refractivity contribution is 0.0836. The monoisotopic (exact) mass is 224 g/mol. The van der Waals surface area contributed by atoms with Crippen LogP contribution in [-0.4, -0.2) is 50.3 Å². The smallest absolute Gasteiger partial charge is 0.0702 e. The lowest BCUT2D eigenvalue weighted by Gasteiger charge is -2.21. The number of nitrogens with one attached hydrogen (secondary N) is 1. The molecule has 0 radical (unpaired) electrons. The van der Waals surface area contributed by atoms with Crippen molar-refractivity contribution in [2.45, 2.75) is 37.8 Å². The third-order valence-electron chi connectivity index (χ3n) is 3.25. The fourth-order valence-corrected chi connectivity index (χ4v) is 2.21. The number of hydrogen-bond donors (Lipinski definition) is 1. The number of ether oxygens (including phenoxy) is 1. The molecule has 1 saturated heterocycles. The van der Waals surface area contributed by atoms with Crippen LogP contribution in [0.1, 0.15) is 25.7 Å². The quantitative estimate of drug-likeness (QED) is 0.662. The molecule has 92 valence electrons. The van der Waals surface area contributed by atoms with Crippen LogP contribution in [0, 0.1) is 0 Å². The molecule has 1 N–H and O–H groups in total. The molecule has 16 heavy (non-hydrogen) atoms. The minimum atomic E-state index is 0.453. The van der Waals surface area contributed by atoms with Crippen LogP contribution in [0.15, 0.2) is 12.2 Å². The van der Waals surface area contributed by atoms with Crippen LogP contribution in [0.2, 0.25) is 0 Å². The molecule has 2 rings (SSSR count). The summed E-state index contributed by atoms with van der Waals surface area (Å²) in [5.74, 6) is 0. The first-order valence-electron chi connectivity index (χ1n) is 6.44. The second kappa shape index (κ2) is 5.80. The van der Waals surface area contributed by atoms with E-state index in [4.69, 9.17) is 4.74 Å². The summed E-state index contributed by atoms with van der Waals surface area (Å²) in [7, 11) is 2.16. The molecule has 1 saturated carbocycles. The first-order valence-corrected chi connectivity index (χ1v) is 6.44. The molecule has 0 spiro atoms. The largest absolute Gasteiger partial charge is 0.377 e. The molecule has 0 aromatic rings. The van der Waals surface area contributed by atoms with Crippen LogP contribution in [0.3, 0.4) is 0 Å². The molecule has 1 aliphatic heterocycles. The Morgan fingerprint density at radius 3 is 2.88 bits per heavy atom. The Morgan fingerprint density at radius 1 is 1.44 bits per heavy atom. The summed E-state index contributed by atoms with van der Waals surface area (Å²) in [4.78, 5) is 2.33. The van der Waals surface area contributed by atoms with Crippen molar-refractivity contribution in [2.75, 3.05) is 33.3 Å². The molecule has 1 aliphatic carbocycles. The van der Waals surface area contributed by atoms with Crippen molar-refractivity contribution < 1.29 is 4.74 Å². The van der Waals surface area contributed by atoms with Gasteiger partial charge in [-0.3, -0.25) is 4.90 Å². The highest BCUT2D eigenvalue weighted by Crippen LogP contribution is 2.18. The van der Waals surface area contributed by atoms with Crippen LogP contribution < -0.4 is 5.32 Å². The number of hydrogen-bond acceptors (Lipinski definition) is 3. The van der Waals surface area contributed by atoms with E-state index >= 15 is 0 Å². The third-order valence-corrected chi connectivity index (χ3v) is 3.25. The van der Waals surface area contributed by atoms with Gasteiger partial charge in [0.15, 0.2) is 0 Å². The number of nitrogens with zero attached hydrogens (tertiary/aromatic N) is 1. The van der Waals surface area contributed by atoms with Gasteiger partial charge in [-0.1, -0.05) is 6.58 Å². The summed E-state index contributed by atoms with van der Waals surface area (Å²) in [5.41, 5.74) is 1.28. The Labute approximate surface area is 98.8 Å². The van der Waals surface area contributed by atoms with Gasteiger partial charge in [-0.05, 0) is 38.3 Å². The van der Waals surface area contributed by atoms with Crippen LogP contribution in [-0.2, 0) is 4.74 Å². The van der Waals surface area contributed by atoms with Crippen molar-refractivity contribution >= 4 is 0 Å². The van der Waals surface area contributed by atoms with E-state index < -0.39 is 0 Å². The molecule has 2 aliphatic rings. The van der Waals surface area contributed by atoms with Crippen molar-refractivity contribution in [3.63, 3.8) is 0 Å². The van der Waals surface area contributed by atoms with Crippen LogP contribution in [0.5, 0.6) is 0 Å². The standard InChI is InChI=1S/C13H24N2O/c1-11(8-14-12-5-6-12)9-15(2)10-13-4-3-7-16-13/h12-14H,1,3-10H2,2H3. The van der Waals surface area contributed by atoms with E-state index in [1.54, 1.807) is 0 Å². The molecule has 1 heterocycles. The average Bonchev–Trinajstić information content (AvgIpc) is 2.94. The van der Waals surface area contributed by atoms with E-state index in [-0.39, 0.29) is 0 Å². The normalized spacial score (nSPS) is 25.2. The summed E-state index contributed by atoms with van der Waals surface area (Å²) in [6.07, 6.45) is 5.59. The lowest BCUT2D eigenvalue weighted by Crippen LogP contribution is -2.32. The van der Waals surface area contributed by atoms with Crippen LogP contribution in [0.4, 0.5) is 0 Å². The van der Waals surface area contributed by atoms with Gasteiger partial charge in [-0.15, -0.1) is 0 Å². The second-order valence-electron chi connectivity index (χ2n) is 5.24. The van der Waals surface area contributed by atoms with Crippen molar-refractivity contribution in [3.05, 3.63) is 12.2 Å². The fourth-order valence-electron chi connectivity index (χ4n) is 2.21. The highest BCUT2D eigenvalue weighted by atomic mass is 16.5. The molecule has 0 amide bonds. The molecule has 0 aromatic heterocycles. The Bertz CT molecular complexity index is 232. The molecule has 0 bridgehead atoms. The first-order chi connectivity index (χ1) is 7.74. The summed E-state index contributed by atoms with van der Waals surface area (Å²) in [5, 5.41) is 3.50. The van der Waals surface area contributed by atoms with E-state index in [0.29, 0.717) is 6.10 Å².